The number of nitrogens with one attached hydrogen (secondary N) is 1. The molecule has 0 radical (unpaired) electrons. The van der Waals surface area contributed by atoms with Crippen molar-refractivity contribution in [2.75, 3.05) is 7.05 Å². The Balaban J connectivity index is 1.98. The number of benzene rings is 1. The lowest BCUT2D eigenvalue weighted by atomic mass is 10.2. The molecular weight excluding hydrogens is 244 g/mol. The fourth-order valence-electron chi connectivity index (χ4n) is 1.77. The minimum Gasteiger partial charge on any atom is -0.361 e. The van der Waals surface area contributed by atoms with Crippen LogP contribution in [-0.2, 0) is 12.3 Å². The van der Waals surface area contributed by atoms with Crippen LogP contribution in [0, 0.1) is 13.8 Å². The van der Waals surface area contributed by atoms with E-state index in [0.717, 1.165) is 23.8 Å². The van der Waals surface area contributed by atoms with Gasteiger partial charge in [0.1, 0.15) is 5.76 Å². The van der Waals surface area contributed by atoms with Crippen LogP contribution < -0.4 is 5.32 Å². The molecule has 0 amide bonds. The van der Waals surface area contributed by atoms with Crippen molar-refractivity contribution in [1.29, 1.82) is 0 Å². The molecule has 2 aromatic rings. The summed E-state index contributed by atoms with van der Waals surface area (Å²) < 4.78 is 5.16. The highest BCUT2D eigenvalue weighted by molar-refractivity contribution is 7.98. The highest BCUT2D eigenvalue weighted by Gasteiger charge is 2.08. The summed E-state index contributed by atoms with van der Waals surface area (Å²) in [5.41, 5.74) is 3.50. The number of aryl methyl sites for hydroxylation is 2. The van der Waals surface area contributed by atoms with E-state index >= 15 is 0 Å². The van der Waals surface area contributed by atoms with Gasteiger partial charge in [0.15, 0.2) is 0 Å². The van der Waals surface area contributed by atoms with Crippen LogP contribution >= 0.6 is 11.8 Å². The topological polar surface area (TPSA) is 38.1 Å². The fourth-order valence-corrected chi connectivity index (χ4v) is 2.82. The van der Waals surface area contributed by atoms with Crippen LogP contribution in [-0.4, -0.2) is 12.2 Å². The first-order valence-corrected chi connectivity index (χ1v) is 6.97. The molecule has 0 aliphatic carbocycles. The van der Waals surface area contributed by atoms with Gasteiger partial charge in [-0.1, -0.05) is 17.3 Å². The monoisotopic (exact) mass is 262 g/mol. The van der Waals surface area contributed by atoms with Crippen molar-refractivity contribution in [2.45, 2.75) is 31.0 Å². The first-order chi connectivity index (χ1) is 8.70. The third-order valence-electron chi connectivity index (χ3n) is 2.87. The Kier molecular flexibility index (Phi) is 4.44. The van der Waals surface area contributed by atoms with E-state index in [1.54, 1.807) is 0 Å². The summed E-state index contributed by atoms with van der Waals surface area (Å²) in [7, 11) is 1.96. The lowest BCUT2D eigenvalue weighted by Gasteiger charge is -2.03. The normalized spacial score (nSPS) is 10.8. The Hall–Kier alpha value is -1.26. The van der Waals surface area contributed by atoms with E-state index in [0.29, 0.717) is 0 Å². The van der Waals surface area contributed by atoms with Gasteiger partial charge in [0.2, 0.25) is 0 Å². The first-order valence-electron chi connectivity index (χ1n) is 5.99. The molecule has 96 valence electrons. The van der Waals surface area contributed by atoms with Crippen molar-refractivity contribution in [3.8, 4) is 0 Å². The number of nitrogens with zero attached hydrogens (tertiary/aromatic N) is 1. The third kappa shape index (κ3) is 3.15. The molecule has 0 bridgehead atoms. The lowest BCUT2D eigenvalue weighted by molar-refractivity contribution is 0.392. The van der Waals surface area contributed by atoms with Crippen molar-refractivity contribution in [2.24, 2.45) is 0 Å². The van der Waals surface area contributed by atoms with Crippen molar-refractivity contribution in [3.05, 3.63) is 46.8 Å². The molecule has 3 nitrogen and oxygen atoms in total. The summed E-state index contributed by atoms with van der Waals surface area (Å²) >= 11 is 1.81. The van der Waals surface area contributed by atoms with Gasteiger partial charge in [-0.05, 0) is 38.6 Å². The molecule has 0 atom stereocenters. The smallest absolute Gasteiger partial charge is 0.137 e. The molecule has 1 aromatic heterocycles. The van der Waals surface area contributed by atoms with E-state index in [4.69, 9.17) is 4.52 Å². The van der Waals surface area contributed by atoms with E-state index < -0.39 is 0 Å². The maximum absolute atomic E-state index is 5.16. The van der Waals surface area contributed by atoms with Crippen LogP contribution in [0.3, 0.4) is 0 Å². The summed E-state index contributed by atoms with van der Waals surface area (Å²) in [4.78, 5) is 1.27. The Morgan fingerprint density at radius 2 is 1.94 bits per heavy atom. The molecule has 0 saturated heterocycles. The second kappa shape index (κ2) is 6.07. The van der Waals surface area contributed by atoms with Crippen molar-refractivity contribution < 1.29 is 4.52 Å². The molecule has 0 aliphatic rings. The minimum atomic E-state index is 0.909. The molecule has 4 heteroatoms. The molecule has 1 N–H and O–H groups in total. The van der Waals surface area contributed by atoms with Crippen LogP contribution in [0.2, 0.25) is 0 Å². The number of hydrogen-bond acceptors (Lipinski definition) is 4. The van der Waals surface area contributed by atoms with Crippen LogP contribution in [0.4, 0.5) is 0 Å². The van der Waals surface area contributed by atoms with Gasteiger partial charge < -0.3 is 9.84 Å². The van der Waals surface area contributed by atoms with Gasteiger partial charge in [0, 0.05) is 22.8 Å². The van der Waals surface area contributed by atoms with Crippen LogP contribution in [0.25, 0.3) is 0 Å². The minimum absolute atomic E-state index is 0.909. The summed E-state index contributed by atoms with van der Waals surface area (Å²) in [6, 6.07) is 8.64. The maximum atomic E-state index is 5.16. The van der Waals surface area contributed by atoms with Gasteiger partial charge in [0.25, 0.3) is 0 Å². The Bertz CT molecular complexity index is 486. The number of aromatic nitrogens is 1. The first kappa shape index (κ1) is 13.2. The zero-order valence-corrected chi connectivity index (χ0v) is 11.8. The maximum Gasteiger partial charge on any atom is 0.137 e. The Morgan fingerprint density at radius 3 is 2.50 bits per heavy atom. The zero-order valence-electron chi connectivity index (χ0n) is 11.0. The summed E-state index contributed by atoms with van der Waals surface area (Å²) in [5.74, 6) is 1.83. The molecule has 0 spiro atoms. The molecule has 2 rings (SSSR count). The molecule has 0 saturated carbocycles. The van der Waals surface area contributed by atoms with Crippen LogP contribution in [0.1, 0.15) is 22.6 Å². The van der Waals surface area contributed by atoms with E-state index in [-0.39, 0.29) is 0 Å². The van der Waals surface area contributed by atoms with Crippen molar-refractivity contribution in [1.82, 2.24) is 10.5 Å². The largest absolute Gasteiger partial charge is 0.361 e. The molecule has 0 unspecified atom stereocenters. The average Bonchev–Trinajstić information content (AvgIpc) is 2.69. The Morgan fingerprint density at radius 1 is 1.22 bits per heavy atom. The van der Waals surface area contributed by atoms with E-state index in [9.17, 15) is 0 Å². The van der Waals surface area contributed by atoms with Crippen LogP contribution in [0.15, 0.2) is 33.7 Å². The van der Waals surface area contributed by atoms with Gasteiger partial charge in [0.05, 0.1) is 5.69 Å². The predicted molar refractivity (Wildman–Crippen MR) is 74.7 cm³/mol. The number of thioether (sulfide) groups is 1. The van der Waals surface area contributed by atoms with Crippen molar-refractivity contribution in [3.63, 3.8) is 0 Å². The molecule has 0 fully saturated rings. The standard InChI is InChI=1S/C14H18N2OS/c1-10-14(11(2)17-16-10)9-18-13-6-4-12(5-7-13)8-15-3/h4-7,15H,8-9H2,1-3H3. The summed E-state index contributed by atoms with van der Waals surface area (Å²) in [6.45, 7) is 4.86. The Labute approximate surface area is 112 Å². The van der Waals surface area contributed by atoms with Gasteiger partial charge >= 0.3 is 0 Å². The van der Waals surface area contributed by atoms with E-state index in [2.05, 4.69) is 34.7 Å². The summed E-state index contributed by atoms with van der Waals surface area (Å²) in [6.07, 6.45) is 0. The highest BCUT2D eigenvalue weighted by atomic mass is 32.2. The van der Waals surface area contributed by atoms with Crippen LogP contribution in [0.5, 0.6) is 0 Å². The third-order valence-corrected chi connectivity index (χ3v) is 3.91. The molecule has 1 aromatic carbocycles. The van der Waals surface area contributed by atoms with Crippen molar-refractivity contribution >= 4 is 11.8 Å². The highest BCUT2D eigenvalue weighted by Crippen LogP contribution is 2.26. The van der Waals surface area contributed by atoms with Gasteiger partial charge in [-0.3, -0.25) is 0 Å². The second-order valence-electron chi connectivity index (χ2n) is 4.27. The average molecular weight is 262 g/mol. The fraction of sp³-hybridized carbons (Fsp3) is 0.357. The number of hydrogen-bond donors (Lipinski definition) is 1. The quantitative estimate of drug-likeness (QED) is 0.839. The summed E-state index contributed by atoms with van der Waals surface area (Å²) in [5, 5.41) is 7.12. The van der Waals surface area contributed by atoms with E-state index in [1.165, 1.54) is 16.0 Å². The molecular formula is C14H18N2OS. The van der Waals surface area contributed by atoms with Gasteiger partial charge in [-0.15, -0.1) is 11.8 Å². The predicted octanol–water partition coefficient (Wildman–Crippen LogP) is 3.30. The molecule has 18 heavy (non-hydrogen) atoms. The SMILES string of the molecule is CNCc1ccc(SCc2c(C)noc2C)cc1. The lowest BCUT2D eigenvalue weighted by Crippen LogP contribution is -2.04. The van der Waals surface area contributed by atoms with Gasteiger partial charge in [-0.25, -0.2) is 0 Å². The van der Waals surface area contributed by atoms with Gasteiger partial charge in [-0.2, -0.15) is 0 Å². The number of rotatable bonds is 5. The second-order valence-corrected chi connectivity index (χ2v) is 5.31. The molecule has 1 heterocycles. The van der Waals surface area contributed by atoms with E-state index in [1.807, 2.05) is 32.7 Å². The zero-order chi connectivity index (χ0) is 13.0. The molecule has 0 aliphatic heterocycles.